The van der Waals surface area contributed by atoms with Crippen molar-refractivity contribution in [2.75, 3.05) is 40.6 Å². The summed E-state index contributed by atoms with van der Waals surface area (Å²) in [6, 6.07) is 28.9. The lowest BCUT2D eigenvalue weighted by atomic mass is 9.80. The summed E-state index contributed by atoms with van der Waals surface area (Å²) in [5, 5.41) is 12.7. The van der Waals surface area contributed by atoms with Crippen molar-refractivity contribution in [3.63, 3.8) is 0 Å². The van der Waals surface area contributed by atoms with Crippen molar-refractivity contribution in [1.29, 1.82) is 5.26 Å². The molecule has 5 atom stereocenters. The van der Waals surface area contributed by atoms with Crippen LogP contribution in [0.1, 0.15) is 167 Å². The van der Waals surface area contributed by atoms with E-state index >= 15 is 0 Å². The average molecular weight is 1060 g/mol. The Labute approximate surface area is 447 Å². The number of ether oxygens (including phenoxy) is 5. The number of benzene rings is 3. The quantitative estimate of drug-likeness (QED) is 0.0249. The maximum atomic E-state index is 13.7. The van der Waals surface area contributed by atoms with Crippen LogP contribution in [0.2, 0.25) is 0 Å². The van der Waals surface area contributed by atoms with Gasteiger partial charge in [-0.15, -0.1) is 0 Å². The first-order valence-corrected chi connectivity index (χ1v) is 28.7. The first-order valence-electron chi connectivity index (χ1n) is 27.6. The molecule has 4 aromatic rings. The van der Waals surface area contributed by atoms with Crippen LogP contribution in [-0.2, 0) is 33.7 Å². The predicted octanol–water partition coefficient (Wildman–Crippen LogP) is 11.9. The van der Waals surface area contributed by atoms with Gasteiger partial charge in [-0.3, -0.25) is 19.1 Å². The van der Waals surface area contributed by atoms with Gasteiger partial charge in [0.05, 0.1) is 39.9 Å². The minimum absolute atomic E-state index is 0.0163. The molecule has 0 radical (unpaired) electrons. The fourth-order valence-electron chi connectivity index (χ4n) is 9.74. The molecule has 1 fully saturated rings. The van der Waals surface area contributed by atoms with Crippen LogP contribution in [0.4, 0.5) is 0 Å². The van der Waals surface area contributed by atoms with Crippen molar-refractivity contribution in [1.82, 2.24) is 19.5 Å². The molecule has 3 aromatic carbocycles. The Bertz CT molecular complexity index is 2320. The van der Waals surface area contributed by atoms with Crippen LogP contribution in [0.15, 0.2) is 101 Å². The largest absolute Gasteiger partial charge is 0.497 e. The molecule has 75 heavy (non-hydrogen) atoms. The molecule has 2 heterocycles. The summed E-state index contributed by atoms with van der Waals surface area (Å²) in [5.74, 6) is 1.47. The third-order valence-electron chi connectivity index (χ3n) is 13.6. The Hall–Kier alpha value is -4.91. The lowest BCUT2D eigenvalue weighted by Crippen LogP contribution is -2.43. The summed E-state index contributed by atoms with van der Waals surface area (Å²) in [6.45, 7) is 11.5. The van der Waals surface area contributed by atoms with Gasteiger partial charge in [0.15, 0.2) is 6.23 Å². The number of methoxy groups -OCH3 is 2. The maximum Gasteiger partial charge on any atom is 0.330 e. The number of aromatic nitrogens is 2. The van der Waals surface area contributed by atoms with Crippen LogP contribution in [-0.4, -0.2) is 91.1 Å². The van der Waals surface area contributed by atoms with Crippen LogP contribution in [0.3, 0.4) is 0 Å². The Balaban J connectivity index is 1.38. The van der Waals surface area contributed by atoms with Crippen molar-refractivity contribution in [3.05, 3.63) is 129 Å². The highest BCUT2D eigenvalue weighted by molar-refractivity contribution is 7.44. The highest BCUT2D eigenvalue weighted by atomic mass is 31.2. The molecule has 1 amide bonds. The van der Waals surface area contributed by atoms with Gasteiger partial charge in [0, 0.05) is 43.9 Å². The summed E-state index contributed by atoms with van der Waals surface area (Å²) < 4.78 is 49.6. The summed E-state index contributed by atoms with van der Waals surface area (Å²) in [7, 11) is 1.40. The fourth-order valence-corrected chi connectivity index (χ4v) is 11.5. The molecule has 412 valence electrons. The molecular formula is C59H86N5O10P. The van der Waals surface area contributed by atoms with Crippen LogP contribution >= 0.6 is 8.53 Å². The molecule has 0 spiro atoms. The highest BCUT2D eigenvalue weighted by Gasteiger charge is 2.51. The van der Waals surface area contributed by atoms with E-state index in [0.29, 0.717) is 37.5 Å². The number of hydrogen-bond donors (Lipinski definition) is 2. The molecule has 1 aliphatic rings. The van der Waals surface area contributed by atoms with E-state index in [1.54, 1.807) is 14.2 Å². The summed E-state index contributed by atoms with van der Waals surface area (Å²) >= 11 is 0. The minimum Gasteiger partial charge on any atom is -0.497 e. The molecular weight excluding hydrogens is 970 g/mol. The Morgan fingerprint density at radius 3 is 1.87 bits per heavy atom. The molecule has 0 saturated carbocycles. The van der Waals surface area contributed by atoms with Gasteiger partial charge in [-0.25, -0.2) is 9.46 Å². The first kappa shape index (κ1) is 60.9. The van der Waals surface area contributed by atoms with Crippen LogP contribution < -0.4 is 26.0 Å². The van der Waals surface area contributed by atoms with Gasteiger partial charge >= 0.3 is 5.69 Å². The number of nitrogens with zero attached hydrogens (tertiary/aromatic N) is 3. The minimum atomic E-state index is -1.85. The highest BCUT2D eigenvalue weighted by Crippen LogP contribution is 2.51. The number of aromatic amines is 1. The van der Waals surface area contributed by atoms with Gasteiger partial charge in [0.1, 0.15) is 35.4 Å². The second kappa shape index (κ2) is 33.3. The number of nitrogens with one attached hydrogen (secondary N) is 2. The zero-order valence-corrected chi connectivity index (χ0v) is 46.7. The maximum absolute atomic E-state index is 13.7. The lowest BCUT2D eigenvalue weighted by molar-refractivity contribution is -0.121. The van der Waals surface area contributed by atoms with Crippen molar-refractivity contribution in [2.45, 2.75) is 186 Å². The summed E-state index contributed by atoms with van der Waals surface area (Å²) in [6.07, 6.45) is 15.4. The third kappa shape index (κ3) is 18.7. The number of H-pyrrole nitrogens is 1. The van der Waals surface area contributed by atoms with Crippen molar-refractivity contribution in [2.24, 2.45) is 0 Å². The summed E-state index contributed by atoms with van der Waals surface area (Å²) in [5.41, 5.74) is 0.0323. The number of carbonyl (C=O) groups excluding carboxylic acids is 1. The molecule has 16 heteroatoms. The number of unbranched alkanes of at least 4 members (excludes halogenated alkanes) is 13. The normalized spacial score (nSPS) is 17.1. The van der Waals surface area contributed by atoms with Crippen molar-refractivity contribution in [3.8, 4) is 17.6 Å². The van der Waals surface area contributed by atoms with Gasteiger partial charge in [-0.1, -0.05) is 139 Å². The SMILES string of the molecule is CCCCCCCCCCCCCC(=O)NCCCCCCO[C@H]1C(OP(OCCC#N)N(C(C)C)C(C)C)[C@@H](COC(c2ccccc2)(c2ccc(OC)cc2)c2ccc(OC)cc2)O[C@H]1n1ccc(=O)[nH]c1=O. The number of carbonyl (C=O) groups is 1. The van der Waals surface area contributed by atoms with Crippen molar-refractivity contribution >= 4 is 14.4 Å². The van der Waals surface area contributed by atoms with Gasteiger partial charge in [-0.05, 0) is 87.9 Å². The van der Waals surface area contributed by atoms with E-state index in [-0.39, 0.29) is 37.6 Å². The molecule has 15 nitrogen and oxygen atoms in total. The van der Waals surface area contributed by atoms with E-state index in [1.165, 1.54) is 74.6 Å². The van der Waals surface area contributed by atoms with Crippen LogP contribution in [0, 0.1) is 11.3 Å². The van der Waals surface area contributed by atoms with Gasteiger partial charge in [0.2, 0.25) is 5.91 Å². The Kier molecular flexibility index (Phi) is 27.1. The van der Waals surface area contributed by atoms with Crippen LogP contribution in [0.25, 0.3) is 0 Å². The molecule has 1 aliphatic heterocycles. The number of rotatable bonds is 37. The number of amides is 1. The van der Waals surface area contributed by atoms with Crippen LogP contribution in [0.5, 0.6) is 11.5 Å². The number of hydrogen-bond acceptors (Lipinski definition) is 12. The fraction of sp³-hybridized carbons (Fsp3) is 0.593. The third-order valence-corrected chi connectivity index (χ3v) is 15.8. The smallest absolute Gasteiger partial charge is 0.330 e. The topological polar surface area (TPSA) is 176 Å². The van der Waals surface area contributed by atoms with E-state index in [2.05, 4.69) is 55.7 Å². The standard InChI is InChI=1S/C59H86N5O10P/c1-8-9-10-11-12-13-14-15-16-17-23-29-53(65)61-40-24-18-19-25-42-70-56-55(74-75(72-43-26-39-60)64(45(2)3)46(4)5)52(73-57(56)63-41-38-54(66)62-58(63)67)44-71-59(47-27-21-20-22-28-47,48-30-34-50(68-6)35-31-48)49-32-36-51(69-7)37-33-49/h20-22,27-28,30-38,41,45-46,52,55-57H,8-19,23-26,29,40,42-44H2,1-7H3,(H,61,65)(H,62,66,67)/t52-,55?,56+,57-,75?/m1/s1. The van der Waals surface area contributed by atoms with E-state index in [4.69, 9.17) is 32.7 Å². The van der Waals surface area contributed by atoms with Gasteiger partial charge < -0.3 is 38.0 Å². The Morgan fingerprint density at radius 2 is 1.31 bits per heavy atom. The molecule has 1 aromatic heterocycles. The van der Waals surface area contributed by atoms with E-state index in [0.717, 1.165) is 48.8 Å². The molecule has 5 rings (SSSR count). The zero-order chi connectivity index (χ0) is 53.8. The molecule has 2 N–H and O–H groups in total. The average Bonchev–Trinajstić information content (AvgIpc) is 3.75. The molecule has 2 unspecified atom stereocenters. The Morgan fingerprint density at radius 1 is 0.747 bits per heavy atom. The number of nitriles is 1. The summed E-state index contributed by atoms with van der Waals surface area (Å²) in [4.78, 5) is 41.2. The first-order chi connectivity index (χ1) is 36.5. The lowest BCUT2D eigenvalue weighted by Gasteiger charge is -2.39. The van der Waals surface area contributed by atoms with Gasteiger partial charge in [0.25, 0.3) is 14.1 Å². The molecule has 1 saturated heterocycles. The second-order valence-corrected chi connectivity index (χ2v) is 21.3. The van der Waals surface area contributed by atoms with Gasteiger partial charge in [-0.2, -0.15) is 5.26 Å². The van der Waals surface area contributed by atoms with E-state index in [9.17, 15) is 19.6 Å². The second-order valence-electron chi connectivity index (χ2n) is 19.9. The predicted molar refractivity (Wildman–Crippen MR) is 296 cm³/mol. The molecule has 0 aliphatic carbocycles. The van der Waals surface area contributed by atoms with Crippen molar-refractivity contribution < 1.29 is 37.5 Å². The monoisotopic (exact) mass is 1060 g/mol. The molecule has 0 bridgehead atoms. The zero-order valence-electron chi connectivity index (χ0n) is 45.8. The van der Waals surface area contributed by atoms with E-state index in [1.807, 2.05) is 78.9 Å². The van der Waals surface area contributed by atoms with E-state index < -0.39 is 49.9 Å².